The molecule has 0 amide bonds. The summed E-state index contributed by atoms with van der Waals surface area (Å²) in [5, 5.41) is 0. The topological polar surface area (TPSA) is 43.1 Å². The minimum Gasteiger partial charge on any atom is -0.399 e. The number of rotatable bonds is 5. The molecular formula is C16H17NO. The molecule has 0 aromatic heterocycles. The van der Waals surface area contributed by atoms with Crippen LogP contribution in [0.5, 0.6) is 0 Å². The summed E-state index contributed by atoms with van der Waals surface area (Å²) in [5.41, 5.74) is 8.62. The van der Waals surface area contributed by atoms with Crippen LogP contribution in [0.3, 0.4) is 0 Å². The molecule has 0 atom stereocenters. The van der Waals surface area contributed by atoms with Crippen LogP contribution in [0.15, 0.2) is 54.6 Å². The smallest absolute Gasteiger partial charge is 0.137 e. The van der Waals surface area contributed by atoms with Crippen molar-refractivity contribution in [2.75, 3.05) is 5.73 Å². The number of hydrogen-bond acceptors (Lipinski definition) is 2. The van der Waals surface area contributed by atoms with Gasteiger partial charge in [0.05, 0.1) is 0 Å². The van der Waals surface area contributed by atoms with E-state index in [4.69, 9.17) is 5.73 Å². The van der Waals surface area contributed by atoms with Crippen molar-refractivity contribution in [2.45, 2.75) is 19.3 Å². The number of anilines is 1. The number of carbonyl (C=O) groups is 1. The summed E-state index contributed by atoms with van der Waals surface area (Å²) < 4.78 is 0. The van der Waals surface area contributed by atoms with E-state index >= 15 is 0 Å². The third-order valence-corrected chi connectivity index (χ3v) is 2.92. The van der Waals surface area contributed by atoms with Gasteiger partial charge in [-0.2, -0.15) is 0 Å². The molecule has 2 aromatic carbocycles. The predicted octanol–water partition coefficient (Wildman–Crippen LogP) is 3.01. The summed E-state index contributed by atoms with van der Waals surface area (Å²) in [5.74, 6) is 0.276. The molecule has 0 unspecified atom stereocenters. The second-order valence-corrected chi connectivity index (χ2v) is 4.44. The van der Waals surface area contributed by atoms with Crippen LogP contribution in [0.1, 0.15) is 17.5 Å². The van der Waals surface area contributed by atoms with Crippen LogP contribution in [-0.2, 0) is 17.6 Å². The van der Waals surface area contributed by atoms with E-state index in [1.165, 1.54) is 0 Å². The average Bonchev–Trinajstić information content (AvgIpc) is 2.39. The molecule has 0 fully saturated rings. The number of aryl methyl sites for hydroxylation is 1. The van der Waals surface area contributed by atoms with Crippen molar-refractivity contribution in [3.05, 3.63) is 65.7 Å². The molecule has 0 saturated heterocycles. The van der Waals surface area contributed by atoms with Gasteiger partial charge in [0.2, 0.25) is 0 Å². The van der Waals surface area contributed by atoms with Crippen LogP contribution in [0, 0.1) is 0 Å². The predicted molar refractivity (Wildman–Crippen MR) is 74.3 cm³/mol. The van der Waals surface area contributed by atoms with Crippen molar-refractivity contribution < 1.29 is 4.79 Å². The summed E-state index contributed by atoms with van der Waals surface area (Å²) in [6, 6.07) is 17.6. The van der Waals surface area contributed by atoms with Crippen molar-refractivity contribution in [2.24, 2.45) is 0 Å². The van der Waals surface area contributed by atoms with E-state index in [0.717, 1.165) is 23.2 Å². The van der Waals surface area contributed by atoms with Crippen molar-refractivity contribution >= 4 is 11.5 Å². The molecule has 2 rings (SSSR count). The lowest BCUT2D eigenvalue weighted by Crippen LogP contribution is -2.04. The second-order valence-electron chi connectivity index (χ2n) is 4.44. The first-order chi connectivity index (χ1) is 8.74. The highest BCUT2D eigenvalue weighted by Crippen LogP contribution is 2.09. The van der Waals surface area contributed by atoms with Gasteiger partial charge in [0.1, 0.15) is 5.78 Å². The molecular weight excluding hydrogens is 222 g/mol. The Labute approximate surface area is 107 Å². The number of ketones is 1. The van der Waals surface area contributed by atoms with Gasteiger partial charge in [-0.1, -0.05) is 42.5 Å². The van der Waals surface area contributed by atoms with Crippen LogP contribution < -0.4 is 5.73 Å². The Morgan fingerprint density at radius 2 is 1.56 bits per heavy atom. The number of nitrogen functional groups attached to an aromatic ring is 1. The van der Waals surface area contributed by atoms with Gasteiger partial charge in [0.25, 0.3) is 0 Å². The maximum absolute atomic E-state index is 11.8. The van der Waals surface area contributed by atoms with Gasteiger partial charge < -0.3 is 5.73 Å². The molecule has 0 bridgehead atoms. The highest BCUT2D eigenvalue weighted by Gasteiger charge is 2.04. The first-order valence-corrected chi connectivity index (χ1v) is 6.14. The summed E-state index contributed by atoms with van der Waals surface area (Å²) >= 11 is 0. The van der Waals surface area contributed by atoms with Crippen molar-refractivity contribution in [1.29, 1.82) is 0 Å². The Hall–Kier alpha value is -2.09. The first kappa shape index (κ1) is 12.4. The van der Waals surface area contributed by atoms with E-state index in [-0.39, 0.29) is 5.78 Å². The number of benzene rings is 2. The van der Waals surface area contributed by atoms with E-state index < -0.39 is 0 Å². The molecule has 0 radical (unpaired) electrons. The number of nitrogens with two attached hydrogens (primary N) is 1. The van der Waals surface area contributed by atoms with E-state index in [1.807, 2.05) is 54.6 Å². The van der Waals surface area contributed by atoms with Gasteiger partial charge in [-0.3, -0.25) is 4.79 Å². The molecule has 0 aliphatic carbocycles. The molecule has 2 aromatic rings. The van der Waals surface area contributed by atoms with Gasteiger partial charge in [-0.15, -0.1) is 0 Å². The Morgan fingerprint density at radius 1 is 0.889 bits per heavy atom. The minimum atomic E-state index is 0.276. The maximum Gasteiger partial charge on any atom is 0.137 e. The largest absolute Gasteiger partial charge is 0.399 e. The third-order valence-electron chi connectivity index (χ3n) is 2.92. The molecule has 2 nitrogen and oxygen atoms in total. The van der Waals surface area contributed by atoms with Crippen molar-refractivity contribution in [3.8, 4) is 0 Å². The average molecular weight is 239 g/mol. The van der Waals surface area contributed by atoms with Crippen LogP contribution >= 0.6 is 0 Å². The van der Waals surface area contributed by atoms with E-state index in [1.54, 1.807) is 0 Å². The lowest BCUT2D eigenvalue weighted by atomic mass is 10.0. The third kappa shape index (κ3) is 3.74. The Bertz CT molecular complexity index is 502. The van der Waals surface area contributed by atoms with Gasteiger partial charge in [-0.25, -0.2) is 0 Å². The van der Waals surface area contributed by atoms with Gasteiger partial charge in [-0.05, 0) is 29.7 Å². The van der Waals surface area contributed by atoms with Gasteiger partial charge in [0.15, 0.2) is 0 Å². The summed E-state index contributed by atoms with van der Waals surface area (Å²) in [4.78, 5) is 11.8. The van der Waals surface area contributed by atoms with Crippen LogP contribution in [0.25, 0.3) is 0 Å². The van der Waals surface area contributed by atoms with Crippen LogP contribution in [-0.4, -0.2) is 5.78 Å². The van der Waals surface area contributed by atoms with E-state index in [9.17, 15) is 4.79 Å². The molecule has 92 valence electrons. The lowest BCUT2D eigenvalue weighted by Gasteiger charge is -2.02. The van der Waals surface area contributed by atoms with Crippen molar-refractivity contribution in [3.63, 3.8) is 0 Å². The molecule has 0 spiro atoms. The van der Waals surface area contributed by atoms with Gasteiger partial charge in [0, 0.05) is 18.5 Å². The molecule has 2 heteroatoms. The molecule has 0 heterocycles. The molecule has 2 N–H and O–H groups in total. The monoisotopic (exact) mass is 239 g/mol. The first-order valence-electron chi connectivity index (χ1n) is 6.14. The highest BCUT2D eigenvalue weighted by molar-refractivity contribution is 5.81. The summed E-state index contributed by atoms with van der Waals surface area (Å²) in [6.45, 7) is 0. The van der Waals surface area contributed by atoms with Crippen molar-refractivity contribution in [1.82, 2.24) is 0 Å². The fourth-order valence-electron chi connectivity index (χ4n) is 1.88. The highest BCUT2D eigenvalue weighted by atomic mass is 16.1. The number of hydrogen-bond donors (Lipinski definition) is 1. The molecule has 0 aliphatic rings. The number of carbonyl (C=O) groups excluding carboxylic acids is 1. The van der Waals surface area contributed by atoms with Crippen LogP contribution in [0.4, 0.5) is 5.69 Å². The van der Waals surface area contributed by atoms with E-state index in [0.29, 0.717) is 12.8 Å². The zero-order valence-corrected chi connectivity index (χ0v) is 10.3. The fraction of sp³-hybridized carbons (Fsp3) is 0.188. The molecule has 0 aliphatic heterocycles. The Morgan fingerprint density at radius 3 is 2.22 bits per heavy atom. The van der Waals surface area contributed by atoms with E-state index in [2.05, 4.69) is 0 Å². The summed E-state index contributed by atoms with van der Waals surface area (Å²) in [7, 11) is 0. The maximum atomic E-state index is 11.8. The second kappa shape index (κ2) is 6.01. The quantitative estimate of drug-likeness (QED) is 0.815. The number of Topliss-reactive ketones (excluding diaryl/α,β-unsaturated/α-hetero) is 1. The zero-order valence-electron chi connectivity index (χ0n) is 10.3. The molecule has 0 saturated carbocycles. The van der Waals surface area contributed by atoms with Gasteiger partial charge >= 0.3 is 0 Å². The van der Waals surface area contributed by atoms with Crippen LogP contribution in [0.2, 0.25) is 0 Å². The Balaban J connectivity index is 1.83. The molecule has 18 heavy (non-hydrogen) atoms. The fourth-order valence-corrected chi connectivity index (χ4v) is 1.88. The SMILES string of the molecule is Nc1ccc(CCC(=O)Cc2ccccc2)cc1. The minimum absolute atomic E-state index is 0.276. The lowest BCUT2D eigenvalue weighted by molar-refractivity contribution is -0.118. The standard InChI is InChI=1S/C16H17NO/c17-15-9-6-13(7-10-15)8-11-16(18)12-14-4-2-1-3-5-14/h1-7,9-10H,8,11-12,17H2. The summed E-state index contributed by atoms with van der Waals surface area (Å²) in [6.07, 6.45) is 1.89. The zero-order chi connectivity index (χ0) is 12.8. The Kier molecular flexibility index (Phi) is 4.13. The normalized spacial score (nSPS) is 10.2.